The first-order chi connectivity index (χ1) is 15.6. The van der Waals surface area contributed by atoms with Crippen LogP contribution in [0.15, 0.2) is 35.4 Å². The summed E-state index contributed by atoms with van der Waals surface area (Å²) in [6, 6.07) is 4.54. The third-order valence-electron chi connectivity index (χ3n) is 4.49. The molecule has 2 heterocycles. The van der Waals surface area contributed by atoms with Crippen molar-refractivity contribution in [2.24, 2.45) is 0 Å². The number of nitrogens with one attached hydrogen (secondary N) is 1. The molecule has 0 atom stereocenters. The van der Waals surface area contributed by atoms with Crippen molar-refractivity contribution >= 4 is 33.4 Å². The number of carbonyl (C=O) groups excluding carboxylic acids is 2. The molecule has 33 heavy (non-hydrogen) atoms. The van der Waals surface area contributed by atoms with E-state index < -0.39 is 29.2 Å². The highest BCUT2D eigenvalue weighted by Crippen LogP contribution is 2.29. The Morgan fingerprint density at radius 2 is 2.06 bits per heavy atom. The first-order valence-corrected chi connectivity index (χ1v) is 10.5. The molecule has 0 saturated carbocycles. The van der Waals surface area contributed by atoms with Crippen LogP contribution in [-0.4, -0.2) is 34.6 Å². The van der Waals surface area contributed by atoms with E-state index in [9.17, 15) is 27.6 Å². The number of esters is 1. The molecule has 1 amide bonds. The van der Waals surface area contributed by atoms with Crippen LogP contribution in [0, 0.1) is 18.8 Å². The van der Waals surface area contributed by atoms with Crippen molar-refractivity contribution in [3.05, 3.63) is 62.5 Å². The summed E-state index contributed by atoms with van der Waals surface area (Å²) in [7, 11) is 0. The Bertz CT molecular complexity index is 1330. The summed E-state index contributed by atoms with van der Waals surface area (Å²) in [6.07, 6.45) is -3.25. The molecule has 3 aromatic rings. The fourth-order valence-corrected chi connectivity index (χ4v) is 3.97. The molecular weight excluding hydrogens is 459 g/mol. The SMILES string of the molecule is CCOC(=O)c1sc2ncn(CC(=O)NCC#Cc3cccc(C(F)(F)F)c3)c(=O)c2c1C. The number of halogens is 3. The number of amides is 1. The summed E-state index contributed by atoms with van der Waals surface area (Å²) in [4.78, 5) is 41.8. The van der Waals surface area contributed by atoms with Crippen LogP contribution in [0.3, 0.4) is 0 Å². The van der Waals surface area contributed by atoms with Gasteiger partial charge in [0.15, 0.2) is 0 Å². The van der Waals surface area contributed by atoms with Gasteiger partial charge in [-0.1, -0.05) is 17.9 Å². The summed E-state index contributed by atoms with van der Waals surface area (Å²) in [5, 5.41) is 2.72. The van der Waals surface area contributed by atoms with Crippen LogP contribution in [0.5, 0.6) is 0 Å². The lowest BCUT2D eigenvalue weighted by Crippen LogP contribution is -2.32. The molecule has 7 nitrogen and oxygen atoms in total. The number of hydrogen-bond acceptors (Lipinski definition) is 6. The van der Waals surface area contributed by atoms with Crippen LogP contribution < -0.4 is 10.9 Å². The van der Waals surface area contributed by atoms with Gasteiger partial charge in [0.05, 0.1) is 30.4 Å². The van der Waals surface area contributed by atoms with E-state index in [2.05, 4.69) is 22.1 Å². The standard InChI is InChI=1S/C22H18F3N3O4S/c1-3-32-21(31)18-13(2)17-19(33-18)27-12-28(20(17)30)11-16(29)26-9-5-7-14-6-4-8-15(10-14)22(23,24)25/h4,6,8,10,12H,3,9,11H2,1-2H3,(H,26,29). The quantitative estimate of drug-likeness (QED) is 0.451. The normalized spacial score (nSPS) is 11.1. The molecule has 172 valence electrons. The van der Waals surface area contributed by atoms with E-state index >= 15 is 0 Å². The van der Waals surface area contributed by atoms with Gasteiger partial charge in [-0.25, -0.2) is 9.78 Å². The van der Waals surface area contributed by atoms with Crippen molar-refractivity contribution in [2.75, 3.05) is 13.2 Å². The average Bonchev–Trinajstić information content (AvgIpc) is 3.10. The van der Waals surface area contributed by atoms with Crippen LogP contribution in [0.25, 0.3) is 10.2 Å². The van der Waals surface area contributed by atoms with Crippen LogP contribution in [0.1, 0.15) is 33.3 Å². The van der Waals surface area contributed by atoms with E-state index in [1.165, 1.54) is 18.5 Å². The Morgan fingerprint density at radius 1 is 1.30 bits per heavy atom. The Kier molecular flexibility index (Phi) is 7.18. The second-order valence-corrected chi connectivity index (χ2v) is 7.79. The number of hydrogen-bond donors (Lipinski definition) is 1. The lowest BCUT2D eigenvalue weighted by molar-refractivity contribution is -0.137. The largest absolute Gasteiger partial charge is 0.462 e. The topological polar surface area (TPSA) is 90.3 Å². The van der Waals surface area contributed by atoms with Crippen molar-refractivity contribution in [2.45, 2.75) is 26.6 Å². The number of ether oxygens (including phenoxy) is 1. The van der Waals surface area contributed by atoms with E-state index in [0.29, 0.717) is 10.4 Å². The minimum atomic E-state index is -4.47. The third kappa shape index (κ3) is 5.59. The Morgan fingerprint density at radius 3 is 2.76 bits per heavy atom. The minimum absolute atomic E-state index is 0.121. The number of aromatic nitrogens is 2. The molecule has 0 spiro atoms. The van der Waals surface area contributed by atoms with Gasteiger partial charge in [-0.05, 0) is 37.6 Å². The highest BCUT2D eigenvalue weighted by molar-refractivity contribution is 7.20. The molecule has 0 aliphatic carbocycles. The van der Waals surface area contributed by atoms with Crippen LogP contribution in [0.2, 0.25) is 0 Å². The number of rotatable bonds is 5. The Hall–Kier alpha value is -3.65. The number of alkyl halides is 3. The molecular formula is C22H18F3N3O4S. The maximum absolute atomic E-state index is 12.8. The van der Waals surface area contributed by atoms with Gasteiger partial charge >= 0.3 is 12.1 Å². The number of aryl methyl sites for hydroxylation is 1. The van der Waals surface area contributed by atoms with E-state index in [-0.39, 0.29) is 35.5 Å². The summed E-state index contributed by atoms with van der Waals surface area (Å²) >= 11 is 1.04. The Balaban J connectivity index is 1.68. The molecule has 1 N–H and O–H groups in total. The number of benzene rings is 1. The van der Waals surface area contributed by atoms with Crippen LogP contribution >= 0.6 is 11.3 Å². The molecule has 0 unspecified atom stereocenters. The van der Waals surface area contributed by atoms with E-state index in [0.717, 1.165) is 28.0 Å². The predicted molar refractivity (Wildman–Crippen MR) is 116 cm³/mol. The maximum atomic E-state index is 12.8. The van der Waals surface area contributed by atoms with Crippen molar-refractivity contribution in [3.63, 3.8) is 0 Å². The lowest BCUT2D eigenvalue weighted by atomic mass is 10.1. The lowest BCUT2D eigenvalue weighted by Gasteiger charge is -2.06. The molecule has 11 heteroatoms. The van der Waals surface area contributed by atoms with Crippen molar-refractivity contribution < 1.29 is 27.5 Å². The maximum Gasteiger partial charge on any atom is 0.416 e. The summed E-state index contributed by atoms with van der Waals surface area (Å²) < 4.78 is 44.3. The monoisotopic (exact) mass is 477 g/mol. The first kappa shape index (κ1) is 24.0. The fourth-order valence-electron chi connectivity index (χ4n) is 2.94. The molecule has 0 saturated heterocycles. The zero-order valence-corrected chi connectivity index (χ0v) is 18.4. The van der Waals surface area contributed by atoms with E-state index in [1.807, 2.05) is 0 Å². The first-order valence-electron chi connectivity index (χ1n) is 9.70. The van der Waals surface area contributed by atoms with Gasteiger partial charge in [0, 0.05) is 5.56 Å². The highest BCUT2D eigenvalue weighted by atomic mass is 32.1. The minimum Gasteiger partial charge on any atom is -0.462 e. The zero-order chi connectivity index (χ0) is 24.2. The van der Waals surface area contributed by atoms with E-state index in [4.69, 9.17) is 4.74 Å². The fraction of sp³-hybridized carbons (Fsp3) is 0.273. The number of fused-ring (bicyclic) bond motifs is 1. The smallest absolute Gasteiger partial charge is 0.416 e. The van der Waals surface area contributed by atoms with Crippen molar-refractivity contribution in [1.29, 1.82) is 0 Å². The molecule has 0 radical (unpaired) electrons. The van der Waals surface area contributed by atoms with Gasteiger partial charge in [0.25, 0.3) is 5.56 Å². The van der Waals surface area contributed by atoms with Gasteiger partial charge < -0.3 is 10.1 Å². The number of thiophene rings is 1. The van der Waals surface area contributed by atoms with Crippen LogP contribution in [0.4, 0.5) is 13.2 Å². The molecule has 0 aliphatic rings. The molecule has 2 aromatic heterocycles. The second kappa shape index (κ2) is 9.87. The van der Waals surface area contributed by atoms with E-state index in [1.54, 1.807) is 13.8 Å². The molecule has 0 aliphatic heterocycles. The van der Waals surface area contributed by atoms with Gasteiger partial charge in [-0.15, -0.1) is 11.3 Å². The summed E-state index contributed by atoms with van der Waals surface area (Å²) in [5.74, 6) is 4.06. The molecule has 1 aromatic carbocycles. The van der Waals surface area contributed by atoms with Crippen molar-refractivity contribution in [3.8, 4) is 11.8 Å². The molecule has 0 fully saturated rings. The summed E-state index contributed by atoms with van der Waals surface area (Å²) in [6.45, 7) is 3.03. The third-order valence-corrected chi connectivity index (χ3v) is 5.67. The average molecular weight is 477 g/mol. The van der Waals surface area contributed by atoms with Gasteiger partial charge in [-0.3, -0.25) is 14.2 Å². The van der Waals surface area contributed by atoms with Gasteiger partial charge in [0.2, 0.25) is 5.91 Å². The molecule has 0 bridgehead atoms. The zero-order valence-electron chi connectivity index (χ0n) is 17.6. The van der Waals surface area contributed by atoms with Crippen molar-refractivity contribution in [1.82, 2.24) is 14.9 Å². The summed E-state index contributed by atoms with van der Waals surface area (Å²) in [5.41, 5.74) is -0.687. The predicted octanol–water partition coefficient (Wildman–Crippen LogP) is 3.13. The van der Waals surface area contributed by atoms with Gasteiger partial charge in [0.1, 0.15) is 16.3 Å². The molecule has 3 rings (SSSR count). The van der Waals surface area contributed by atoms with Gasteiger partial charge in [-0.2, -0.15) is 13.2 Å². The number of carbonyl (C=O) groups is 2. The highest BCUT2D eigenvalue weighted by Gasteiger charge is 2.30. The van der Waals surface area contributed by atoms with Crippen LogP contribution in [-0.2, 0) is 22.3 Å². The Labute approximate surface area is 190 Å². The second-order valence-electron chi connectivity index (χ2n) is 6.79. The number of nitrogens with zero attached hydrogens (tertiary/aromatic N) is 2.